The number of thiocarbonyl (C=S) groups is 1. The summed E-state index contributed by atoms with van der Waals surface area (Å²) in [5.74, 6) is 0.671. The third kappa shape index (κ3) is 3.34. The fourth-order valence-corrected chi connectivity index (χ4v) is 1.85. The third-order valence-electron chi connectivity index (χ3n) is 2.86. The lowest BCUT2D eigenvalue weighted by molar-refractivity contribution is 0.337. The van der Waals surface area contributed by atoms with E-state index in [0.29, 0.717) is 11.5 Å². The minimum absolute atomic E-state index is 0.274. The lowest BCUT2D eigenvalue weighted by Gasteiger charge is -2.16. The quantitative estimate of drug-likeness (QED) is 0.722. The fourth-order valence-electron chi connectivity index (χ4n) is 1.70. The first kappa shape index (κ1) is 12.2. The van der Waals surface area contributed by atoms with E-state index in [4.69, 9.17) is 18.0 Å². The molecule has 92 valence electrons. The van der Waals surface area contributed by atoms with Crippen molar-refractivity contribution in [3.8, 4) is 0 Å². The number of hydrogen-bond donors (Lipinski definition) is 2. The van der Waals surface area contributed by atoms with Crippen molar-refractivity contribution < 1.29 is 0 Å². The molecule has 0 amide bonds. The molecule has 1 aliphatic carbocycles. The van der Waals surface area contributed by atoms with E-state index in [1.165, 1.54) is 12.8 Å². The van der Waals surface area contributed by atoms with Crippen LogP contribution in [0.25, 0.3) is 0 Å². The summed E-state index contributed by atoms with van der Waals surface area (Å²) in [7, 11) is 2.14. The number of likely N-dealkylation sites (N-methyl/N-ethyl adjacent to an activating group) is 1. The number of hydrogen-bond acceptors (Lipinski definition) is 5. The number of rotatable bonds is 6. The topological polar surface area (TPSA) is 67.1 Å². The largest absolute Gasteiger partial charge is 0.388 e. The molecule has 0 unspecified atom stereocenters. The molecule has 2 rings (SSSR count). The highest BCUT2D eigenvalue weighted by molar-refractivity contribution is 7.80. The molecule has 0 bridgehead atoms. The van der Waals surface area contributed by atoms with Crippen molar-refractivity contribution in [2.24, 2.45) is 5.73 Å². The first-order valence-electron chi connectivity index (χ1n) is 5.73. The minimum Gasteiger partial charge on any atom is -0.388 e. The van der Waals surface area contributed by atoms with Crippen LogP contribution in [0.3, 0.4) is 0 Å². The van der Waals surface area contributed by atoms with Crippen LogP contribution < -0.4 is 11.1 Å². The van der Waals surface area contributed by atoms with Crippen LogP contribution in [0.1, 0.15) is 18.5 Å². The lowest BCUT2D eigenvalue weighted by Crippen LogP contribution is -2.28. The van der Waals surface area contributed by atoms with Crippen molar-refractivity contribution in [2.75, 3.05) is 25.5 Å². The molecule has 0 radical (unpaired) electrons. The summed E-state index contributed by atoms with van der Waals surface area (Å²) in [5, 5.41) is 3.23. The normalized spacial score (nSPS) is 14.9. The van der Waals surface area contributed by atoms with Gasteiger partial charge in [0.05, 0.1) is 0 Å². The van der Waals surface area contributed by atoms with Crippen LogP contribution >= 0.6 is 12.2 Å². The fraction of sp³-hybridized carbons (Fsp3) is 0.545. The van der Waals surface area contributed by atoms with Gasteiger partial charge in [-0.05, 0) is 19.9 Å². The Morgan fingerprint density at radius 3 is 2.88 bits per heavy atom. The van der Waals surface area contributed by atoms with Crippen molar-refractivity contribution in [1.29, 1.82) is 0 Å². The molecule has 0 aromatic carbocycles. The van der Waals surface area contributed by atoms with Gasteiger partial charge in [-0.25, -0.2) is 9.97 Å². The molecule has 0 saturated heterocycles. The Hall–Kier alpha value is -1.27. The molecule has 1 fully saturated rings. The van der Waals surface area contributed by atoms with Crippen LogP contribution in [0, 0.1) is 0 Å². The second-order valence-corrected chi connectivity index (χ2v) is 4.70. The van der Waals surface area contributed by atoms with Gasteiger partial charge in [0.15, 0.2) is 5.82 Å². The number of aromatic nitrogens is 2. The summed E-state index contributed by atoms with van der Waals surface area (Å²) >= 11 is 4.93. The van der Waals surface area contributed by atoms with Gasteiger partial charge in [0, 0.05) is 31.5 Å². The Bertz CT molecular complexity index is 405. The average Bonchev–Trinajstić information content (AvgIpc) is 3.13. The number of nitrogens with one attached hydrogen (secondary N) is 1. The van der Waals surface area contributed by atoms with Crippen molar-refractivity contribution in [3.05, 3.63) is 18.1 Å². The van der Waals surface area contributed by atoms with Gasteiger partial charge in [0.2, 0.25) is 0 Å². The molecule has 0 spiro atoms. The maximum Gasteiger partial charge on any atom is 0.155 e. The first-order chi connectivity index (χ1) is 8.18. The molecule has 1 aromatic rings. The van der Waals surface area contributed by atoms with Crippen LogP contribution in [-0.4, -0.2) is 46.0 Å². The van der Waals surface area contributed by atoms with Gasteiger partial charge >= 0.3 is 0 Å². The Morgan fingerprint density at radius 1 is 1.53 bits per heavy atom. The third-order valence-corrected chi connectivity index (χ3v) is 3.05. The number of anilines is 1. The van der Waals surface area contributed by atoms with E-state index in [-0.39, 0.29) is 4.99 Å². The standard InChI is InChI=1S/C11H17N5S/c1-16(8-2-3-8)7-6-15-11-9(10(12)17)13-4-5-14-11/h4-5,8H,2-3,6-7H2,1H3,(H2,12,17)(H,14,15). The van der Waals surface area contributed by atoms with E-state index in [9.17, 15) is 0 Å². The lowest BCUT2D eigenvalue weighted by atomic mass is 10.4. The smallest absolute Gasteiger partial charge is 0.155 e. The van der Waals surface area contributed by atoms with E-state index >= 15 is 0 Å². The van der Waals surface area contributed by atoms with Crippen molar-refractivity contribution in [3.63, 3.8) is 0 Å². The Morgan fingerprint density at radius 2 is 2.24 bits per heavy atom. The van der Waals surface area contributed by atoms with Gasteiger partial charge in [-0.3, -0.25) is 0 Å². The van der Waals surface area contributed by atoms with Crippen molar-refractivity contribution in [1.82, 2.24) is 14.9 Å². The maximum absolute atomic E-state index is 5.58. The predicted molar refractivity (Wildman–Crippen MR) is 72.1 cm³/mol. The highest BCUT2D eigenvalue weighted by Gasteiger charge is 2.25. The summed E-state index contributed by atoms with van der Waals surface area (Å²) < 4.78 is 0. The molecular weight excluding hydrogens is 234 g/mol. The predicted octanol–water partition coefficient (Wildman–Crippen LogP) is 0.617. The van der Waals surface area contributed by atoms with Gasteiger partial charge in [-0.2, -0.15) is 0 Å². The molecule has 1 heterocycles. The van der Waals surface area contributed by atoms with Crippen molar-refractivity contribution >= 4 is 23.0 Å². The second-order valence-electron chi connectivity index (χ2n) is 4.26. The summed E-state index contributed by atoms with van der Waals surface area (Å²) in [6, 6.07) is 0.772. The van der Waals surface area contributed by atoms with E-state index in [1.54, 1.807) is 12.4 Å². The molecule has 1 saturated carbocycles. The number of nitrogens with zero attached hydrogens (tertiary/aromatic N) is 3. The van der Waals surface area contributed by atoms with Gasteiger partial charge in [-0.15, -0.1) is 0 Å². The summed E-state index contributed by atoms with van der Waals surface area (Å²) in [6.07, 6.45) is 5.87. The van der Waals surface area contributed by atoms with E-state index < -0.39 is 0 Å². The van der Waals surface area contributed by atoms with Gasteiger partial charge in [0.1, 0.15) is 10.7 Å². The van der Waals surface area contributed by atoms with Crippen molar-refractivity contribution in [2.45, 2.75) is 18.9 Å². The molecular formula is C11H17N5S. The van der Waals surface area contributed by atoms with E-state index in [0.717, 1.165) is 19.1 Å². The molecule has 5 nitrogen and oxygen atoms in total. The summed E-state index contributed by atoms with van der Waals surface area (Å²) in [4.78, 5) is 10.9. The Labute approximate surface area is 106 Å². The molecule has 1 aliphatic rings. The average molecular weight is 251 g/mol. The molecule has 17 heavy (non-hydrogen) atoms. The van der Waals surface area contributed by atoms with E-state index in [1.807, 2.05) is 0 Å². The van der Waals surface area contributed by atoms with Gasteiger partial charge in [0.25, 0.3) is 0 Å². The molecule has 3 N–H and O–H groups in total. The number of nitrogens with two attached hydrogens (primary N) is 1. The monoisotopic (exact) mass is 251 g/mol. The van der Waals surface area contributed by atoms with Crippen LogP contribution in [0.5, 0.6) is 0 Å². The van der Waals surface area contributed by atoms with E-state index in [2.05, 4.69) is 27.2 Å². The second kappa shape index (κ2) is 5.37. The Kier molecular flexibility index (Phi) is 3.86. The van der Waals surface area contributed by atoms with Gasteiger partial charge in [-0.1, -0.05) is 12.2 Å². The highest BCUT2D eigenvalue weighted by Crippen LogP contribution is 2.24. The van der Waals surface area contributed by atoms with Crippen LogP contribution in [0.4, 0.5) is 5.82 Å². The van der Waals surface area contributed by atoms with Gasteiger partial charge < -0.3 is 16.0 Å². The zero-order chi connectivity index (χ0) is 12.3. The summed E-state index contributed by atoms with van der Waals surface area (Å²) in [6.45, 7) is 1.80. The highest BCUT2D eigenvalue weighted by atomic mass is 32.1. The maximum atomic E-state index is 5.58. The molecule has 0 aliphatic heterocycles. The molecule has 0 atom stereocenters. The zero-order valence-corrected chi connectivity index (χ0v) is 10.7. The first-order valence-corrected chi connectivity index (χ1v) is 6.14. The molecule has 1 aromatic heterocycles. The Balaban J connectivity index is 1.87. The minimum atomic E-state index is 0.274. The van der Waals surface area contributed by atoms with Crippen LogP contribution in [-0.2, 0) is 0 Å². The zero-order valence-electron chi connectivity index (χ0n) is 9.89. The SMILES string of the molecule is CN(CCNc1nccnc1C(N)=S)C1CC1. The van der Waals surface area contributed by atoms with Crippen LogP contribution in [0.15, 0.2) is 12.4 Å². The summed E-state index contributed by atoms with van der Waals surface area (Å²) in [5.41, 5.74) is 6.15. The van der Waals surface area contributed by atoms with Crippen LogP contribution in [0.2, 0.25) is 0 Å². The molecule has 6 heteroatoms.